The molecule has 0 saturated carbocycles. The number of thioether (sulfide) groups is 1. The van der Waals surface area contributed by atoms with Crippen LogP contribution in [0, 0.1) is 0 Å². The molecular weight excluding hydrogens is 320 g/mol. The van der Waals surface area contributed by atoms with Crippen molar-refractivity contribution in [2.45, 2.75) is 30.4 Å². The SMILES string of the molecule is CC/C(=C1\SC1C)S(=O)(=O)c1ccc(Br)cc1. The first-order valence-electron chi connectivity index (χ1n) is 5.37. The van der Waals surface area contributed by atoms with Gasteiger partial charge in [-0.15, -0.1) is 11.8 Å². The predicted molar refractivity (Wildman–Crippen MR) is 75.7 cm³/mol. The molecule has 92 valence electrons. The highest BCUT2D eigenvalue weighted by Crippen LogP contribution is 2.50. The second-order valence-corrected chi connectivity index (χ2v) is 8.13. The third-order valence-corrected chi connectivity index (χ3v) is 6.56. The monoisotopic (exact) mass is 332 g/mol. The summed E-state index contributed by atoms with van der Waals surface area (Å²) in [5.74, 6) is 0. The summed E-state index contributed by atoms with van der Waals surface area (Å²) in [6, 6.07) is 6.81. The Kier molecular flexibility index (Phi) is 3.71. The van der Waals surface area contributed by atoms with E-state index >= 15 is 0 Å². The Morgan fingerprint density at radius 1 is 1.35 bits per heavy atom. The van der Waals surface area contributed by atoms with Crippen molar-refractivity contribution < 1.29 is 8.42 Å². The molecule has 1 aromatic rings. The van der Waals surface area contributed by atoms with Gasteiger partial charge in [0.25, 0.3) is 0 Å². The van der Waals surface area contributed by atoms with Crippen LogP contribution in [0.15, 0.2) is 43.4 Å². The summed E-state index contributed by atoms with van der Waals surface area (Å²) >= 11 is 4.95. The molecular formula is C12H13BrO2S2. The predicted octanol–water partition coefficient (Wildman–Crippen LogP) is 3.98. The minimum atomic E-state index is -3.30. The van der Waals surface area contributed by atoms with Crippen LogP contribution < -0.4 is 0 Å². The van der Waals surface area contributed by atoms with Crippen LogP contribution in [0.25, 0.3) is 0 Å². The van der Waals surface area contributed by atoms with E-state index in [1.165, 1.54) is 0 Å². The Labute approximate surface area is 115 Å². The van der Waals surface area contributed by atoms with Crippen LogP contribution in [0.4, 0.5) is 0 Å². The quantitative estimate of drug-likeness (QED) is 0.785. The van der Waals surface area contributed by atoms with Crippen molar-refractivity contribution in [3.05, 3.63) is 38.5 Å². The highest BCUT2D eigenvalue weighted by atomic mass is 79.9. The number of allylic oxidation sites excluding steroid dienone is 1. The van der Waals surface area contributed by atoms with E-state index in [1.807, 2.05) is 13.8 Å². The minimum Gasteiger partial charge on any atom is -0.219 e. The van der Waals surface area contributed by atoms with Gasteiger partial charge in [-0.1, -0.05) is 22.9 Å². The number of sulfone groups is 1. The molecule has 1 saturated heterocycles. The van der Waals surface area contributed by atoms with Gasteiger partial charge in [0.1, 0.15) is 0 Å². The Morgan fingerprint density at radius 3 is 2.29 bits per heavy atom. The summed E-state index contributed by atoms with van der Waals surface area (Å²) in [6.07, 6.45) is 0.561. The van der Waals surface area contributed by atoms with E-state index in [2.05, 4.69) is 15.9 Å². The normalized spacial score (nSPS) is 22.4. The molecule has 1 heterocycles. The molecule has 0 spiro atoms. The second-order valence-electron chi connectivity index (χ2n) is 3.86. The Hall–Kier alpha value is -0.260. The molecule has 2 nitrogen and oxygen atoms in total. The lowest BCUT2D eigenvalue weighted by atomic mass is 10.3. The lowest BCUT2D eigenvalue weighted by Crippen LogP contribution is -2.04. The third kappa shape index (κ3) is 2.61. The lowest BCUT2D eigenvalue weighted by Gasteiger charge is -2.06. The van der Waals surface area contributed by atoms with E-state index in [0.29, 0.717) is 21.5 Å². The zero-order chi connectivity index (χ0) is 12.6. The van der Waals surface area contributed by atoms with Crippen molar-refractivity contribution in [1.82, 2.24) is 0 Å². The fraction of sp³-hybridized carbons (Fsp3) is 0.333. The second kappa shape index (κ2) is 4.78. The van der Waals surface area contributed by atoms with Gasteiger partial charge in [0.15, 0.2) is 0 Å². The molecule has 1 atom stereocenters. The summed E-state index contributed by atoms with van der Waals surface area (Å²) in [5, 5.41) is 0.357. The summed E-state index contributed by atoms with van der Waals surface area (Å²) < 4.78 is 25.7. The van der Waals surface area contributed by atoms with Crippen molar-refractivity contribution in [3.63, 3.8) is 0 Å². The Bertz CT molecular complexity index is 559. The molecule has 1 aliphatic rings. The zero-order valence-corrected chi connectivity index (χ0v) is 12.8. The van der Waals surface area contributed by atoms with Crippen LogP contribution in [-0.4, -0.2) is 13.7 Å². The van der Waals surface area contributed by atoms with Crippen LogP contribution in [0.1, 0.15) is 20.3 Å². The average molecular weight is 333 g/mol. The molecule has 2 rings (SSSR count). The maximum atomic E-state index is 12.4. The Morgan fingerprint density at radius 2 is 1.88 bits per heavy atom. The molecule has 0 aliphatic carbocycles. The number of hydrogen-bond donors (Lipinski definition) is 0. The molecule has 0 N–H and O–H groups in total. The molecule has 0 amide bonds. The molecule has 1 fully saturated rings. The molecule has 0 radical (unpaired) electrons. The van der Waals surface area contributed by atoms with Gasteiger partial charge >= 0.3 is 0 Å². The van der Waals surface area contributed by atoms with Gasteiger partial charge < -0.3 is 0 Å². The third-order valence-electron chi connectivity index (χ3n) is 2.66. The fourth-order valence-corrected chi connectivity index (χ4v) is 4.85. The fourth-order valence-electron chi connectivity index (χ4n) is 1.70. The maximum absolute atomic E-state index is 12.4. The van der Waals surface area contributed by atoms with Crippen molar-refractivity contribution in [2.24, 2.45) is 0 Å². The van der Waals surface area contributed by atoms with Gasteiger partial charge in [0, 0.05) is 14.6 Å². The van der Waals surface area contributed by atoms with Crippen molar-refractivity contribution >= 4 is 37.5 Å². The molecule has 1 aliphatic heterocycles. The first-order chi connectivity index (χ1) is 7.96. The lowest BCUT2D eigenvalue weighted by molar-refractivity contribution is 0.600. The van der Waals surface area contributed by atoms with Crippen LogP contribution >= 0.6 is 27.7 Å². The van der Waals surface area contributed by atoms with E-state index in [0.717, 1.165) is 9.38 Å². The van der Waals surface area contributed by atoms with E-state index in [-0.39, 0.29) is 0 Å². The highest BCUT2D eigenvalue weighted by molar-refractivity contribution is 9.10. The van der Waals surface area contributed by atoms with E-state index in [1.54, 1.807) is 36.0 Å². The topological polar surface area (TPSA) is 34.1 Å². The number of hydrogen-bond acceptors (Lipinski definition) is 3. The first-order valence-corrected chi connectivity index (χ1v) is 8.52. The van der Waals surface area contributed by atoms with Gasteiger partial charge in [-0.05, 0) is 37.6 Å². The molecule has 0 aromatic heterocycles. The summed E-state index contributed by atoms with van der Waals surface area (Å²) in [7, 11) is -3.30. The van der Waals surface area contributed by atoms with Gasteiger partial charge in [0.05, 0.1) is 9.80 Å². The molecule has 1 unspecified atom stereocenters. The Balaban J connectivity index is 2.47. The van der Waals surface area contributed by atoms with Crippen LogP contribution in [0.2, 0.25) is 0 Å². The largest absolute Gasteiger partial charge is 0.219 e. The van der Waals surface area contributed by atoms with E-state index in [4.69, 9.17) is 0 Å². The van der Waals surface area contributed by atoms with Crippen molar-refractivity contribution in [3.8, 4) is 0 Å². The number of benzene rings is 1. The maximum Gasteiger partial charge on any atom is 0.203 e. The molecule has 1 aromatic carbocycles. The number of halogens is 1. The summed E-state index contributed by atoms with van der Waals surface area (Å²) in [6.45, 7) is 3.93. The molecule has 17 heavy (non-hydrogen) atoms. The van der Waals surface area contributed by atoms with Crippen LogP contribution in [0.3, 0.4) is 0 Å². The highest BCUT2D eigenvalue weighted by Gasteiger charge is 2.35. The minimum absolute atomic E-state index is 0.357. The van der Waals surface area contributed by atoms with Gasteiger partial charge in [-0.25, -0.2) is 8.42 Å². The summed E-state index contributed by atoms with van der Waals surface area (Å²) in [4.78, 5) is 1.98. The zero-order valence-electron chi connectivity index (χ0n) is 9.60. The van der Waals surface area contributed by atoms with Crippen molar-refractivity contribution in [1.29, 1.82) is 0 Å². The first kappa shape index (κ1) is 13.2. The van der Waals surface area contributed by atoms with Gasteiger partial charge in [-0.2, -0.15) is 0 Å². The van der Waals surface area contributed by atoms with E-state index < -0.39 is 9.84 Å². The smallest absolute Gasteiger partial charge is 0.203 e. The van der Waals surface area contributed by atoms with E-state index in [9.17, 15) is 8.42 Å². The van der Waals surface area contributed by atoms with Gasteiger partial charge in [0.2, 0.25) is 9.84 Å². The average Bonchev–Trinajstić information content (AvgIpc) is 2.96. The summed E-state index contributed by atoms with van der Waals surface area (Å²) in [5.41, 5.74) is 0. The van der Waals surface area contributed by atoms with Crippen LogP contribution in [0.5, 0.6) is 0 Å². The molecule has 0 bridgehead atoms. The standard InChI is InChI=1S/C12H13BrO2S2/c1-3-11(12-8(2)16-12)17(14,15)10-6-4-9(13)5-7-10/h4-8H,3H2,1-2H3/b12-11+. The van der Waals surface area contributed by atoms with Crippen LogP contribution in [-0.2, 0) is 9.84 Å². The van der Waals surface area contributed by atoms with Gasteiger partial charge in [-0.3, -0.25) is 0 Å². The number of rotatable bonds is 3. The molecule has 5 heteroatoms. The van der Waals surface area contributed by atoms with Crippen molar-refractivity contribution in [2.75, 3.05) is 0 Å².